The quantitative estimate of drug-likeness (QED) is 0.800. The first-order valence-electron chi connectivity index (χ1n) is 5.29. The first kappa shape index (κ1) is 11.0. The Labute approximate surface area is 99.7 Å². The molecule has 0 saturated heterocycles. The van der Waals surface area contributed by atoms with Crippen LogP contribution in [0, 0.1) is 0 Å². The number of hydrogen-bond acceptors (Lipinski definition) is 3. The molecule has 0 aliphatic carbocycles. The summed E-state index contributed by atoms with van der Waals surface area (Å²) in [4.78, 5) is 8.60. The molecule has 0 atom stereocenters. The second-order valence-corrected chi connectivity index (χ2v) is 4.77. The fraction of sp³-hybridized carbons (Fsp3) is 0.231. The number of nitrogens with zero attached hydrogens (tertiary/aromatic N) is 2. The van der Waals surface area contributed by atoms with Gasteiger partial charge in [0.1, 0.15) is 0 Å². The van der Waals surface area contributed by atoms with E-state index in [0.29, 0.717) is 5.92 Å². The summed E-state index contributed by atoms with van der Waals surface area (Å²) >= 11 is 1.71. The highest BCUT2D eigenvalue weighted by Crippen LogP contribution is 2.20. The first-order chi connectivity index (χ1) is 7.75. The third-order valence-electron chi connectivity index (χ3n) is 2.16. The molecule has 0 bridgehead atoms. The molecule has 0 aliphatic heterocycles. The Hall–Kier alpha value is -1.48. The fourth-order valence-corrected chi connectivity index (χ4v) is 2.10. The molecule has 0 spiro atoms. The van der Waals surface area contributed by atoms with E-state index < -0.39 is 0 Å². The van der Waals surface area contributed by atoms with Crippen LogP contribution in [0.25, 0.3) is 12.2 Å². The Morgan fingerprint density at radius 2 is 2.19 bits per heavy atom. The lowest BCUT2D eigenvalue weighted by Gasteiger charge is -1.95. The Bertz CT molecular complexity index is 472. The summed E-state index contributed by atoms with van der Waals surface area (Å²) in [5.74, 6) is 0.505. The minimum absolute atomic E-state index is 0.505. The molecule has 0 unspecified atom stereocenters. The van der Waals surface area contributed by atoms with Crippen LogP contribution in [0.5, 0.6) is 0 Å². The molecule has 3 heteroatoms. The van der Waals surface area contributed by atoms with Gasteiger partial charge in [0.15, 0.2) is 0 Å². The van der Waals surface area contributed by atoms with Gasteiger partial charge in [-0.05, 0) is 17.7 Å². The van der Waals surface area contributed by atoms with Gasteiger partial charge in [-0.1, -0.05) is 26.0 Å². The zero-order valence-electron chi connectivity index (χ0n) is 9.42. The minimum atomic E-state index is 0.505. The van der Waals surface area contributed by atoms with Crippen molar-refractivity contribution in [1.29, 1.82) is 0 Å². The standard InChI is InChI=1S/C13H14N2S/c1-10(2)13-15-12(9-16-13)6-5-11-4-3-7-14-8-11/h3-10H,1-2H3/b6-5+. The molecule has 0 radical (unpaired) electrons. The molecule has 16 heavy (non-hydrogen) atoms. The molecule has 2 aromatic heterocycles. The smallest absolute Gasteiger partial charge is 0.0957 e. The Morgan fingerprint density at radius 1 is 1.31 bits per heavy atom. The van der Waals surface area contributed by atoms with E-state index in [9.17, 15) is 0 Å². The number of aromatic nitrogens is 2. The zero-order valence-corrected chi connectivity index (χ0v) is 10.2. The zero-order chi connectivity index (χ0) is 11.4. The van der Waals surface area contributed by atoms with E-state index in [4.69, 9.17) is 0 Å². The summed E-state index contributed by atoms with van der Waals surface area (Å²) < 4.78 is 0. The molecule has 2 rings (SSSR count). The molecule has 2 aromatic rings. The molecule has 0 aromatic carbocycles. The van der Waals surface area contributed by atoms with Gasteiger partial charge < -0.3 is 0 Å². The van der Waals surface area contributed by atoms with Gasteiger partial charge >= 0.3 is 0 Å². The molecule has 0 fully saturated rings. The highest BCUT2D eigenvalue weighted by molar-refractivity contribution is 7.09. The average Bonchev–Trinajstić information content (AvgIpc) is 2.76. The maximum Gasteiger partial charge on any atom is 0.0957 e. The van der Waals surface area contributed by atoms with E-state index >= 15 is 0 Å². The van der Waals surface area contributed by atoms with Crippen LogP contribution in [-0.2, 0) is 0 Å². The lowest BCUT2D eigenvalue weighted by Crippen LogP contribution is -1.84. The molecule has 82 valence electrons. The van der Waals surface area contributed by atoms with Crippen molar-refractivity contribution in [3.05, 3.63) is 46.2 Å². The second kappa shape index (κ2) is 5.03. The molecule has 2 heterocycles. The molecule has 0 N–H and O–H groups in total. The molecular formula is C13H14N2S. The predicted octanol–water partition coefficient (Wildman–Crippen LogP) is 3.83. The lowest BCUT2D eigenvalue weighted by atomic mass is 10.2. The van der Waals surface area contributed by atoms with E-state index in [1.165, 1.54) is 5.01 Å². The molecule has 0 aliphatic rings. The van der Waals surface area contributed by atoms with Gasteiger partial charge in [0.05, 0.1) is 10.7 Å². The van der Waals surface area contributed by atoms with Gasteiger partial charge in [0, 0.05) is 23.7 Å². The van der Waals surface area contributed by atoms with Crippen molar-refractivity contribution in [3.8, 4) is 0 Å². The van der Waals surface area contributed by atoms with Crippen LogP contribution >= 0.6 is 11.3 Å². The largest absolute Gasteiger partial charge is 0.264 e. The van der Waals surface area contributed by atoms with Crippen molar-refractivity contribution in [2.75, 3.05) is 0 Å². The van der Waals surface area contributed by atoms with Crippen LogP contribution in [0.2, 0.25) is 0 Å². The maximum absolute atomic E-state index is 4.54. The third-order valence-corrected chi connectivity index (χ3v) is 3.33. The average molecular weight is 230 g/mol. The van der Waals surface area contributed by atoms with Crippen LogP contribution in [0.15, 0.2) is 29.9 Å². The SMILES string of the molecule is CC(C)c1nc(/C=C/c2cccnc2)cs1. The van der Waals surface area contributed by atoms with Gasteiger partial charge in [-0.2, -0.15) is 0 Å². The Kier molecular flexibility index (Phi) is 3.47. The van der Waals surface area contributed by atoms with Crippen LogP contribution in [0.1, 0.15) is 36.0 Å². The number of thiazole rings is 1. The van der Waals surface area contributed by atoms with Crippen LogP contribution in [0.3, 0.4) is 0 Å². The van der Waals surface area contributed by atoms with Crippen LogP contribution < -0.4 is 0 Å². The minimum Gasteiger partial charge on any atom is -0.264 e. The van der Waals surface area contributed by atoms with Gasteiger partial charge in [-0.15, -0.1) is 11.3 Å². The summed E-state index contributed by atoms with van der Waals surface area (Å²) in [6.45, 7) is 4.32. The van der Waals surface area contributed by atoms with Crippen molar-refractivity contribution < 1.29 is 0 Å². The number of rotatable bonds is 3. The number of hydrogen-bond donors (Lipinski definition) is 0. The van der Waals surface area contributed by atoms with E-state index in [1.807, 2.05) is 30.5 Å². The van der Waals surface area contributed by atoms with Gasteiger partial charge in [0.25, 0.3) is 0 Å². The highest BCUT2D eigenvalue weighted by Gasteiger charge is 2.03. The Morgan fingerprint density at radius 3 is 2.81 bits per heavy atom. The van der Waals surface area contributed by atoms with Gasteiger partial charge in [-0.25, -0.2) is 4.98 Å². The first-order valence-corrected chi connectivity index (χ1v) is 6.17. The predicted molar refractivity (Wildman–Crippen MR) is 69.4 cm³/mol. The van der Waals surface area contributed by atoms with Gasteiger partial charge in [-0.3, -0.25) is 4.98 Å². The summed E-state index contributed by atoms with van der Waals surface area (Å²) in [5, 5.41) is 3.27. The van der Waals surface area contributed by atoms with Crippen molar-refractivity contribution in [3.63, 3.8) is 0 Å². The summed E-state index contributed by atoms with van der Waals surface area (Å²) in [7, 11) is 0. The van der Waals surface area contributed by atoms with Gasteiger partial charge in [0.2, 0.25) is 0 Å². The summed E-state index contributed by atoms with van der Waals surface area (Å²) in [5.41, 5.74) is 2.12. The van der Waals surface area contributed by atoms with Crippen molar-refractivity contribution >= 4 is 23.5 Å². The van der Waals surface area contributed by atoms with E-state index in [0.717, 1.165) is 11.3 Å². The maximum atomic E-state index is 4.54. The van der Waals surface area contributed by atoms with Crippen molar-refractivity contribution in [2.24, 2.45) is 0 Å². The van der Waals surface area contributed by atoms with E-state index in [2.05, 4.69) is 29.2 Å². The number of pyridine rings is 1. The second-order valence-electron chi connectivity index (χ2n) is 3.89. The Balaban J connectivity index is 2.12. The van der Waals surface area contributed by atoms with E-state index in [-0.39, 0.29) is 0 Å². The van der Waals surface area contributed by atoms with Crippen LogP contribution in [0.4, 0.5) is 0 Å². The lowest BCUT2D eigenvalue weighted by molar-refractivity contribution is 0.851. The molecule has 0 saturated carbocycles. The molecule has 2 nitrogen and oxygen atoms in total. The summed E-state index contributed by atoms with van der Waals surface area (Å²) in [6.07, 6.45) is 7.68. The highest BCUT2D eigenvalue weighted by atomic mass is 32.1. The van der Waals surface area contributed by atoms with E-state index in [1.54, 1.807) is 17.5 Å². The third kappa shape index (κ3) is 2.76. The van der Waals surface area contributed by atoms with Crippen molar-refractivity contribution in [1.82, 2.24) is 9.97 Å². The molecule has 0 amide bonds. The monoisotopic (exact) mass is 230 g/mol. The topological polar surface area (TPSA) is 25.8 Å². The fourth-order valence-electron chi connectivity index (χ4n) is 1.30. The normalized spacial score (nSPS) is 11.4. The molecular weight excluding hydrogens is 216 g/mol. The van der Waals surface area contributed by atoms with Crippen molar-refractivity contribution in [2.45, 2.75) is 19.8 Å². The summed E-state index contributed by atoms with van der Waals surface area (Å²) in [6, 6.07) is 3.96. The van der Waals surface area contributed by atoms with Crippen LogP contribution in [-0.4, -0.2) is 9.97 Å².